The van der Waals surface area contributed by atoms with E-state index in [1.165, 1.54) is 25.7 Å². The van der Waals surface area contributed by atoms with Gasteiger partial charge in [0.25, 0.3) is 5.91 Å². The van der Waals surface area contributed by atoms with E-state index in [4.69, 9.17) is 11.6 Å². The van der Waals surface area contributed by atoms with Gasteiger partial charge >= 0.3 is 0 Å². The first-order valence-corrected chi connectivity index (χ1v) is 8.55. The molecule has 1 amide bonds. The molecule has 0 aromatic carbocycles. The number of carbonyl (C=O) groups is 1. The van der Waals surface area contributed by atoms with Gasteiger partial charge in [-0.3, -0.25) is 9.48 Å². The lowest BCUT2D eigenvalue weighted by Crippen LogP contribution is -2.34. The summed E-state index contributed by atoms with van der Waals surface area (Å²) in [6, 6.07) is 0.287. The maximum atomic E-state index is 12.5. The molecule has 0 unspecified atom stereocenters. The van der Waals surface area contributed by atoms with E-state index < -0.39 is 0 Å². The van der Waals surface area contributed by atoms with E-state index in [2.05, 4.69) is 17.3 Å². The Hall–Kier alpha value is -1.03. The Morgan fingerprint density at radius 2 is 2.00 bits per heavy atom. The van der Waals surface area contributed by atoms with Crippen LogP contribution in [0.1, 0.15) is 74.3 Å². The van der Waals surface area contributed by atoms with Crippen molar-refractivity contribution in [3.8, 4) is 0 Å². The number of rotatable bonds is 5. The largest absolute Gasteiger partial charge is 0.349 e. The average Bonchev–Trinajstić information content (AvgIpc) is 2.64. The van der Waals surface area contributed by atoms with Crippen LogP contribution in [-0.2, 0) is 6.54 Å². The molecule has 1 aromatic heterocycles. The monoisotopic (exact) mass is 311 g/mol. The molecule has 118 valence electrons. The van der Waals surface area contributed by atoms with Gasteiger partial charge in [-0.1, -0.05) is 50.6 Å². The van der Waals surface area contributed by atoms with Crippen molar-refractivity contribution in [1.29, 1.82) is 0 Å². The molecule has 1 heterocycles. The Bertz CT molecular complexity index is 476. The standard InChI is InChI=1S/C16H26ClN3O/c1-3-4-11-20-15(17)14(12(2)19-20)16(21)18-13-9-7-5-6-8-10-13/h13H,3-11H2,1-2H3,(H,18,21). The van der Waals surface area contributed by atoms with Gasteiger partial charge in [-0.25, -0.2) is 0 Å². The van der Waals surface area contributed by atoms with E-state index in [1.807, 2.05) is 6.92 Å². The van der Waals surface area contributed by atoms with E-state index in [9.17, 15) is 4.79 Å². The number of unbranched alkanes of at least 4 members (excludes halogenated alkanes) is 1. The van der Waals surface area contributed by atoms with Crippen LogP contribution in [0.3, 0.4) is 0 Å². The normalized spacial score (nSPS) is 16.7. The lowest BCUT2D eigenvalue weighted by atomic mass is 10.1. The quantitative estimate of drug-likeness (QED) is 0.832. The third-order valence-corrected chi connectivity index (χ3v) is 4.59. The molecule has 0 aliphatic heterocycles. The number of halogens is 1. The zero-order valence-electron chi connectivity index (χ0n) is 13.1. The Morgan fingerprint density at radius 3 is 2.62 bits per heavy atom. The molecule has 0 saturated heterocycles. The zero-order chi connectivity index (χ0) is 15.2. The van der Waals surface area contributed by atoms with Crippen molar-refractivity contribution in [3.63, 3.8) is 0 Å². The predicted molar refractivity (Wildman–Crippen MR) is 85.8 cm³/mol. The van der Waals surface area contributed by atoms with Crippen LogP contribution in [0.25, 0.3) is 0 Å². The van der Waals surface area contributed by atoms with Crippen molar-refractivity contribution in [2.45, 2.75) is 77.8 Å². The summed E-state index contributed by atoms with van der Waals surface area (Å²) in [5, 5.41) is 8.03. The summed E-state index contributed by atoms with van der Waals surface area (Å²) in [6.45, 7) is 4.76. The SMILES string of the molecule is CCCCn1nc(C)c(C(=O)NC2CCCCCC2)c1Cl. The van der Waals surface area contributed by atoms with Crippen LogP contribution >= 0.6 is 11.6 Å². The molecule has 2 rings (SSSR count). The summed E-state index contributed by atoms with van der Waals surface area (Å²) in [5.41, 5.74) is 1.28. The van der Waals surface area contributed by atoms with Crippen molar-refractivity contribution in [2.75, 3.05) is 0 Å². The lowest BCUT2D eigenvalue weighted by Gasteiger charge is -2.16. The maximum Gasteiger partial charge on any atom is 0.256 e. The third kappa shape index (κ3) is 4.22. The first-order chi connectivity index (χ1) is 10.1. The van der Waals surface area contributed by atoms with Gasteiger partial charge in [0, 0.05) is 12.6 Å². The molecule has 1 saturated carbocycles. The van der Waals surface area contributed by atoms with Gasteiger partial charge in [0.2, 0.25) is 0 Å². The van der Waals surface area contributed by atoms with Crippen molar-refractivity contribution in [2.24, 2.45) is 0 Å². The smallest absolute Gasteiger partial charge is 0.256 e. The highest BCUT2D eigenvalue weighted by molar-refractivity contribution is 6.33. The van der Waals surface area contributed by atoms with Crippen LogP contribution in [0.5, 0.6) is 0 Å². The minimum absolute atomic E-state index is 0.0628. The predicted octanol–water partition coefficient (Wildman–Crippen LogP) is 4.10. The number of nitrogens with zero attached hydrogens (tertiary/aromatic N) is 2. The zero-order valence-corrected chi connectivity index (χ0v) is 13.9. The third-order valence-electron chi connectivity index (χ3n) is 4.21. The van der Waals surface area contributed by atoms with Crippen molar-refractivity contribution < 1.29 is 4.79 Å². The minimum atomic E-state index is -0.0628. The van der Waals surface area contributed by atoms with E-state index in [0.29, 0.717) is 10.7 Å². The second kappa shape index (κ2) is 7.83. The topological polar surface area (TPSA) is 46.9 Å². The van der Waals surface area contributed by atoms with E-state index in [0.717, 1.165) is 37.9 Å². The van der Waals surface area contributed by atoms with Crippen LogP contribution in [-0.4, -0.2) is 21.7 Å². The Kier molecular flexibility index (Phi) is 6.09. The van der Waals surface area contributed by atoms with Gasteiger partial charge in [0.05, 0.1) is 11.3 Å². The Labute approximate surface area is 132 Å². The summed E-state index contributed by atoms with van der Waals surface area (Å²) in [7, 11) is 0. The molecular formula is C16H26ClN3O. The molecule has 1 aliphatic rings. The molecule has 1 aliphatic carbocycles. The number of aryl methyl sites for hydroxylation is 2. The van der Waals surface area contributed by atoms with Crippen molar-refractivity contribution in [1.82, 2.24) is 15.1 Å². The lowest BCUT2D eigenvalue weighted by molar-refractivity contribution is 0.0933. The highest BCUT2D eigenvalue weighted by atomic mass is 35.5. The molecule has 0 atom stereocenters. The average molecular weight is 312 g/mol. The number of hydrogen-bond donors (Lipinski definition) is 1. The van der Waals surface area contributed by atoms with Gasteiger partial charge in [-0.15, -0.1) is 0 Å². The molecule has 1 fully saturated rings. The van der Waals surface area contributed by atoms with Crippen LogP contribution in [0, 0.1) is 6.92 Å². The molecule has 4 nitrogen and oxygen atoms in total. The molecule has 1 aromatic rings. The summed E-state index contributed by atoms with van der Waals surface area (Å²) < 4.78 is 1.75. The molecule has 0 bridgehead atoms. The van der Waals surface area contributed by atoms with Gasteiger partial charge in [0.15, 0.2) is 0 Å². The van der Waals surface area contributed by atoms with E-state index >= 15 is 0 Å². The fourth-order valence-electron chi connectivity index (χ4n) is 2.95. The Morgan fingerprint density at radius 1 is 1.33 bits per heavy atom. The van der Waals surface area contributed by atoms with Crippen LogP contribution < -0.4 is 5.32 Å². The van der Waals surface area contributed by atoms with Gasteiger partial charge < -0.3 is 5.32 Å². The second-order valence-electron chi connectivity index (χ2n) is 5.99. The highest BCUT2D eigenvalue weighted by Gasteiger charge is 2.22. The second-order valence-corrected chi connectivity index (χ2v) is 6.35. The number of nitrogens with one attached hydrogen (secondary N) is 1. The molecular weight excluding hydrogens is 286 g/mol. The molecule has 5 heteroatoms. The van der Waals surface area contributed by atoms with Crippen LogP contribution in [0.15, 0.2) is 0 Å². The molecule has 21 heavy (non-hydrogen) atoms. The van der Waals surface area contributed by atoms with Crippen molar-refractivity contribution in [3.05, 3.63) is 16.4 Å². The van der Waals surface area contributed by atoms with Crippen LogP contribution in [0.4, 0.5) is 0 Å². The van der Waals surface area contributed by atoms with Crippen molar-refractivity contribution >= 4 is 17.5 Å². The highest BCUT2D eigenvalue weighted by Crippen LogP contribution is 2.22. The fraction of sp³-hybridized carbons (Fsp3) is 0.750. The summed E-state index contributed by atoms with van der Waals surface area (Å²) in [5.74, 6) is -0.0628. The maximum absolute atomic E-state index is 12.5. The van der Waals surface area contributed by atoms with Crippen LogP contribution in [0.2, 0.25) is 5.15 Å². The Balaban J connectivity index is 2.05. The number of amides is 1. The summed E-state index contributed by atoms with van der Waals surface area (Å²) >= 11 is 6.35. The van der Waals surface area contributed by atoms with Gasteiger partial charge in [-0.2, -0.15) is 5.10 Å². The number of carbonyl (C=O) groups excluding carboxylic acids is 1. The first-order valence-electron chi connectivity index (χ1n) is 8.17. The fourth-order valence-corrected chi connectivity index (χ4v) is 3.29. The van der Waals surface area contributed by atoms with Gasteiger partial charge in [0.1, 0.15) is 5.15 Å². The molecule has 0 spiro atoms. The minimum Gasteiger partial charge on any atom is -0.349 e. The number of aromatic nitrogens is 2. The summed E-state index contributed by atoms with van der Waals surface area (Å²) in [4.78, 5) is 12.5. The van der Waals surface area contributed by atoms with E-state index in [-0.39, 0.29) is 11.9 Å². The molecule has 1 N–H and O–H groups in total. The summed E-state index contributed by atoms with van der Waals surface area (Å²) in [6.07, 6.45) is 9.21. The number of hydrogen-bond acceptors (Lipinski definition) is 2. The first kappa shape index (κ1) is 16.3. The molecule has 0 radical (unpaired) electrons. The van der Waals surface area contributed by atoms with Gasteiger partial charge in [-0.05, 0) is 26.2 Å². The van der Waals surface area contributed by atoms with E-state index in [1.54, 1.807) is 4.68 Å².